The van der Waals surface area contributed by atoms with Crippen LogP contribution in [0.25, 0.3) is 10.8 Å². The second kappa shape index (κ2) is 9.73. The third-order valence-electron chi connectivity index (χ3n) is 5.59. The van der Waals surface area contributed by atoms with E-state index in [2.05, 4.69) is 27.5 Å². The first-order chi connectivity index (χ1) is 15.5. The van der Waals surface area contributed by atoms with Crippen molar-refractivity contribution in [3.05, 3.63) is 65.2 Å². The molecule has 1 saturated heterocycles. The standard InChI is InChI=1S/C24H25ClN4O2S/c1-28-10-12-29(13-11-28)22-19(25)8-5-9-20(22)26-24(32)27-23(30)18-14-16-6-3-4-7-17(16)15-21(18)31-2/h3-9,14-15H,10-13H2,1-2H3,(H2,26,27,30,32). The number of piperazine rings is 1. The zero-order chi connectivity index (χ0) is 22.7. The fourth-order valence-electron chi connectivity index (χ4n) is 3.86. The molecule has 1 aliphatic rings. The molecule has 166 valence electrons. The Balaban J connectivity index is 1.53. The molecule has 1 heterocycles. The number of amides is 1. The number of hydrogen-bond donors (Lipinski definition) is 2. The summed E-state index contributed by atoms with van der Waals surface area (Å²) in [6.45, 7) is 3.63. The molecule has 0 unspecified atom stereocenters. The number of para-hydroxylation sites is 1. The first-order valence-electron chi connectivity index (χ1n) is 10.4. The maximum Gasteiger partial charge on any atom is 0.261 e. The van der Waals surface area contributed by atoms with E-state index in [1.165, 1.54) is 0 Å². The second-order valence-corrected chi connectivity index (χ2v) is 8.55. The van der Waals surface area contributed by atoms with Gasteiger partial charge in [-0.2, -0.15) is 0 Å². The number of carbonyl (C=O) groups is 1. The average Bonchev–Trinajstić information content (AvgIpc) is 2.79. The van der Waals surface area contributed by atoms with E-state index in [0.29, 0.717) is 16.3 Å². The summed E-state index contributed by atoms with van der Waals surface area (Å²) in [4.78, 5) is 17.5. The normalized spacial score (nSPS) is 14.3. The molecular weight excluding hydrogens is 444 g/mol. The van der Waals surface area contributed by atoms with Gasteiger partial charge in [0.05, 0.1) is 29.1 Å². The first-order valence-corrected chi connectivity index (χ1v) is 11.2. The number of nitrogens with one attached hydrogen (secondary N) is 2. The summed E-state index contributed by atoms with van der Waals surface area (Å²) < 4.78 is 5.44. The van der Waals surface area contributed by atoms with Crippen molar-refractivity contribution in [1.82, 2.24) is 10.2 Å². The van der Waals surface area contributed by atoms with Gasteiger partial charge in [-0.15, -0.1) is 0 Å². The van der Waals surface area contributed by atoms with Crippen molar-refractivity contribution >= 4 is 57.0 Å². The Kier molecular flexibility index (Phi) is 6.79. The number of anilines is 2. The minimum atomic E-state index is -0.340. The van der Waals surface area contributed by atoms with Crippen LogP contribution in [0, 0.1) is 0 Å². The Morgan fingerprint density at radius 1 is 1.03 bits per heavy atom. The minimum absolute atomic E-state index is 0.197. The monoisotopic (exact) mass is 468 g/mol. The SMILES string of the molecule is COc1cc2ccccc2cc1C(=O)NC(=S)Nc1cccc(Cl)c1N1CCN(C)CC1. The molecule has 0 atom stereocenters. The van der Waals surface area contributed by atoms with Gasteiger partial charge in [0.25, 0.3) is 5.91 Å². The molecule has 0 bridgehead atoms. The maximum atomic E-state index is 13.0. The lowest BCUT2D eigenvalue weighted by Crippen LogP contribution is -2.45. The van der Waals surface area contributed by atoms with E-state index in [0.717, 1.165) is 48.3 Å². The summed E-state index contributed by atoms with van der Waals surface area (Å²) in [6, 6.07) is 17.1. The summed E-state index contributed by atoms with van der Waals surface area (Å²) >= 11 is 12.0. The second-order valence-electron chi connectivity index (χ2n) is 7.73. The van der Waals surface area contributed by atoms with Crippen molar-refractivity contribution < 1.29 is 9.53 Å². The highest BCUT2D eigenvalue weighted by atomic mass is 35.5. The Hall–Kier alpha value is -2.87. The number of fused-ring (bicyclic) bond motifs is 1. The fourth-order valence-corrected chi connectivity index (χ4v) is 4.35. The lowest BCUT2D eigenvalue weighted by Gasteiger charge is -2.35. The molecule has 32 heavy (non-hydrogen) atoms. The van der Waals surface area contributed by atoms with E-state index >= 15 is 0 Å². The molecule has 0 aromatic heterocycles. The molecule has 0 spiro atoms. The molecule has 0 aliphatic carbocycles. The van der Waals surface area contributed by atoms with Gasteiger partial charge in [-0.05, 0) is 54.3 Å². The van der Waals surface area contributed by atoms with Crippen molar-refractivity contribution in [3.63, 3.8) is 0 Å². The zero-order valence-corrected chi connectivity index (χ0v) is 19.6. The van der Waals surface area contributed by atoms with E-state index in [-0.39, 0.29) is 11.0 Å². The number of hydrogen-bond acceptors (Lipinski definition) is 5. The highest BCUT2D eigenvalue weighted by molar-refractivity contribution is 7.80. The molecule has 4 rings (SSSR count). The van der Waals surface area contributed by atoms with Crippen molar-refractivity contribution in [2.75, 3.05) is 50.6 Å². The van der Waals surface area contributed by atoms with Gasteiger partial charge in [-0.25, -0.2) is 0 Å². The quantitative estimate of drug-likeness (QED) is 0.554. The van der Waals surface area contributed by atoms with Gasteiger partial charge in [-0.3, -0.25) is 10.1 Å². The topological polar surface area (TPSA) is 56.8 Å². The van der Waals surface area contributed by atoms with Crippen LogP contribution >= 0.6 is 23.8 Å². The number of likely N-dealkylation sites (N-methyl/N-ethyl adjacent to an activating group) is 1. The molecule has 3 aromatic rings. The van der Waals surface area contributed by atoms with Gasteiger partial charge in [0.2, 0.25) is 0 Å². The predicted octanol–water partition coefficient (Wildman–Crippen LogP) is 4.38. The number of thiocarbonyl (C=S) groups is 1. The molecule has 6 nitrogen and oxygen atoms in total. The van der Waals surface area contributed by atoms with Gasteiger partial charge >= 0.3 is 0 Å². The van der Waals surface area contributed by atoms with E-state index in [4.69, 9.17) is 28.6 Å². The van der Waals surface area contributed by atoms with Gasteiger partial charge in [0.15, 0.2) is 5.11 Å². The van der Waals surface area contributed by atoms with E-state index < -0.39 is 0 Å². The Bertz CT molecular complexity index is 1160. The van der Waals surface area contributed by atoms with E-state index in [9.17, 15) is 4.79 Å². The summed E-state index contributed by atoms with van der Waals surface area (Å²) in [7, 11) is 3.65. The number of ether oxygens (including phenoxy) is 1. The third kappa shape index (κ3) is 4.80. The lowest BCUT2D eigenvalue weighted by atomic mass is 10.1. The maximum absolute atomic E-state index is 13.0. The molecule has 0 radical (unpaired) electrons. The van der Waals surface area contributed by atoms with Crippen molar-refractivity contribution in [2.24, 2.45) is 0 Å². The van der Waals surface area contributed by atoms with Gasteiger partial charge in [0, 0.05) is 26.2 Å². The molecule has 2 N–H and O–H groups in total. The van der Waals surface area contributed by atoms with Crippen molar-refractivity contribution in [1.29, 1.82) is 0 Å². The van der Waals surface area contributed by atoms with Gasteiger partial charge in [0.1, 0.15) is 5.75 Å². The summed E-state index contributed by atoms with van der Waals surface area (Å²) in [5.74, 6) is 0.151. The Morgan fingerprint density at radius 3 is 2.41 bits per heavy atom. The third-order valence-corrected chi connectivity index (χ3v) is 6.10. The molecule has 1 fully saturated rings. The van der Waals surface area contributed by atoms with Gasteiger partial charge < -0.3 is 19.9 Å². The molecule has 8 heteroatoms. The Morgan fingerprint density at radius 2 is 1.72 bits per heavy atom. The van der Waals surface area contributed by atoms with Crippen LogP contribution in [0.1, 0.15) is 10.4 Å². The molecular formula is C24H25ClN4O2S. The summed E-state index contributed by atoms with van der Waals surface area (Å²) in [5, 5.41) is 8.71. The van der Waals surface area contributed by atoms with Crippen LogP contribution in [0.15, 0.2) is 54.6 Å². The number of nitrogens with zero attached hydrogens (tertiary/aromatic N) is 2. The van der Waals surface area contributed by atoms with E-state index in [1.807, 2.05) is 48.5 Å². The number of benzene rings is 3. The zero-order valence-electron chi connectivity index (χ0n) is 18.0. The highest BCUT2D eigenvalue weighted by Crippen LogP contribution is 2.34. The van der Waals surface area contributed by atoms with Crippen LogP contribution in [0.5, 0.6) is 5.75 Å². The van der Waals surface area contributed by atoms with Crippen LogP contribution in [0.2, 0.25) is 5.02 Å². The number of carbonyl (C=O) groups excluding carboxylic acids is 1. The minimum Gasteiger partial charge on any atom is -0.496 e. The molecule has 3 aromatic carbocycles. The Labute approximate surface area is 198 Å². The fraction of sp³-hybridized carbons (Fsp3) is 0.250. The predicted molar refractivity (Wildman–Crippen MR) is 135 cm³/mol. The van der Waals surface area contributed by atoms with Crippen LogP contribution in [0.4, 0.5) is 11.4 Å². The first kappa shape index (κ1) is 22.3. The van der Waals surface area contributed by atoms with Crippen LogP contribution in [-0.2, 0) is 0 Å². The van der Waals surface area contributed by atoms with E-state index in [1.54, 1.807) is 13.2 Å². The molecule has 1 aliphatic heterocycles. The summed E-state index contributed by atoms with van der Waals surface area (Å²) in [5.41, 5.74) is 2.07. The highest BCUT2D eigenvalue weighted by Gasteiger charge is 2.21. The largest absolute Gasteiger partial charge is 0.496 e. The lowest BCUT2D eigenvalue weighted by molar-refractivity contribution is 0.0975. The van der Waals surface area contributed by atoms with Gasteiger partial charge in [-0.1, -0.05) is 41.9 Å². The van der Waals surface area contributed by atoms with Crippen LogP contribution in [-0.4, -0.2) is 56.3 Å². The number of methoxy groups -OCH3 is 1. The van der Waals surface area contributed by atoms with Crippen molar-refractivity contribution in [2.45, 2.75) is 0 Å². The average molecular weight is 469 g/mol. The molecule has 0 saturated carbocycles. The smallest absolute Gasteiger partial charge is 0.261 e. The van der Waals surface area contributed by atoms with Crippen molar-refractivity contribution in [3.8, 4) is 5.75 Å². The van der Waals surface area contributed by atoms with Crippen LogP contribution in [0.3, 0.4) is 0 Å². The van der Waals surface area contributed by atoms with Crippen LogP contribution < -0.4 is 20.3 Å². The molecule has 1 amide bonds. The summed E-state index contributed by atoms with van der Waals surface area (Å²) in [6.07, 6.45) is 0. The number of halogens is 1. The number of rotatable bonds is 4.